The highest BCUT2D eigenvalue weighted by atomic mass is 79.9. The number of benzene rings is 2. The van der Waals surface area contributed by atoms with E-state index < -0.39 is 10.0 Å². The van der Waals surface area contributed by atoms with E-state index in [-0.39, 0.29) is 10.8 Å². The van der Waals surface area contributed by atoms with Crippen LogP contribution in [0.4, 0.5) is 5.69 Å². The molecule has 1 aliphatic heterocycles. The summed E-state index contributed by atoms with van der Waals surface area (Å²) >= 11 is 3.38. The van der Waals surface area contributed by atoms with Gasteiger partial charge in [-0.3, -0.25) is 4.79 Å². The number of nitrogens with one attached hydrogen (secondary N) is 1. The number of anilines is 1. The number of hydrogen-bond acceptors (Lipinski definition) is 4. The number of rotatable bonds is 7. The molecule has 2 aromatic rings. The summed E-state index contributed by atoms with van der Waals surface area (Å²) in [6.07, 6.45) is 3.69. The fourth-order valence-electron chi connectivity index (χ4n) is 3.18. The van der Waals surface area contributed by atoms with E-state index in [1.807, 2.05) is 13.0 Å². The highest BCUT2D eigenvalue weighted by Crippen LogP contribution is 2.26. The number of ether oxygens (including phenoxy) is 1. The molecule has 1 amide bonds. The van der Waals surface area contributed by atoms with Gasteiger partial charge >= 0.3 is 0 Å². The van der Waals surface area contributed by atoms with Gasteiger partial charge < -0.3 is 10.1 Å². The number of amides is 1. The van der Waals surface area contributed by atoms with Crippen LogP contribution in [0.25, 0.3) is 0 Å². The molecule has 156 valence electrons. The summed E-state index contributed by atoms with van der Waals surface area (Å²) in [6, 6.07) is 11.6. The molecule has 1 fully saturated rings. The molecule has 0 unspecified atom stereocenters. The number of carbonyl (C=O) groups is 1. The Labute approximate surface area is 180 Å². The largest absolute Gasteiger partial charge is 0.493 e. The first-order valence-corrected chi connectivity index (χ1v) is 12.0. The topological polar surface area (TPSA) is 75.7 Å². The van der Waals surface area contributed by atoms with Crippen molar-refractivity contribution < 1.29 is 17.9 Å². The second-order valence-corrected chi connectivity index (χ2v) is 9.79. The average Bonchev–Trinajstić information content (AvgIpc) is 2.74. The minimum Gasteiger partial charge on any atom is -0.493 e. The molecule has 1 saturated heterocycles. The van der Waals surface area contributed by atoms with Crippen LogP contribution in [0.1, 0.15) is 43.0 Å². The zero-order valence-electron chi connectivity index (χ0n) is 16.4. The monoisotopic (exact) mass is 480 g/mol. The molecule has 0 aliphatic carbocycles. The number of halogens is 1. The molecule has 0 spiro atoms. The number of carbonyl (C=O) groups excluding carboxylic acids is 1. The van der Waals surface area contributed by atoms with Gasteiger partial charge in [0.15, 0.2) is 0 Å². The Morgan fingerprint density at radius 1 is 1.10 bits per heavy atom. The van der Waals surface area contributed by atoms with Crippen LogP contribution in [0, 0.1) is 0 Å². The molecule has 0 saturated carbocycles. The van der Waals surface area contributed by atoms with Crippen molar-refractivity contribution in [1.29, 1.82) is 0 Å². The molecule has 1 aliphatic rings. The first-order chi connectivity index (χ1) is 13.9. The Morgan fingerprint density at radius 3 is 2.45 bits per heavy atom. The van der Waals surface area contributed by atoms with Gasteiger partial charge in [0, 0.05) is 23.2 Å². The predicted octanol–water partition coefficient (Wildman–Crippen LogP) is 4.66. The summed E-state index contributed by atoms with van der Waals surface area (Å²) in [5.74, 6) is 0.195. The van der Waals surface area contributed by atoms with Crippen LogP contribution in [0.3, 0.4) is 0 Å². The molecule has 3 rings (SSSR count). The summed E-state index contributed by atoms with van der Waals surface area (Å²) in [4.78, 5) is 13.0. The Balaban J connectivity index is 1.74. The van der Waals surface area contributed by atoms with Gasteiger partial charge in [0.1, 0.15) is 5.75 Å². The van der Waals surface area contributed by atoms with Crippen LogP contribution in [0.2, 0.25) is 0 Å². The van der Waals surface area contributed by atoms with Crippen molar-refractivity contribution in [3.05, 3.63) is 52.5 Å². The zero-order chi connectivity index (χ0) is 20.9. The molecule has 8 heteroatoms. The highest BCUT2D eigenvalue weighted by molar-refractivity contribution is 9.10. The third-order valence-electron chi connectivity index (χ3n) is 4.71. The molecule has 29 heavy (non-hydrogen) atoms. The van der Waals surface area contributed by atoms with Crippen LogP contribution < -0.4 is 10.1 Å². The predicted molar refractivity (Wildman–Crippen MR) is 117 cm³/mol. The van der Waals surface area contributed by atoms with Crippen LogP contribution >= 0.6 is 15.9 Å². The summed E-state index contributed by atoms with van der Waals surface area (Å²) < 4.78 is 33.5. The molecule has 2 aromatic carbocycles. The number of piperidine rings is 1. The lowest BCUT2D eigenvalue weighted by Gasteiger charge is -2.25. The summed E-state index contributed by atoms with van der Waals surface area (Å²) in [5, 5.41) is 2.81. The van der Waals surface area contributed by atoms with E-state index in [0.717, 1.165) is 30.2 Å². The lowest BCUT2D eigenvalue weighted by Crippen LogP contribution is -2.35. The van der Waals surface area contributed by atoms with Gasteiger partial charge in [-0.1, -0.05) is 29.3 Å². The molecule has 1 N–H and O–H groups in total. The first kappa shape index (κ1) is 21.8. The third-order valence-corrected chi connectivity index (χ3v) is 7.12. The molecular formula is C21H25BrN2O4S. The minimum atomic E-state index is -3.49. The van der Waals surface area contributed by atoms with Gasteiger partial charge in [-0.15, -0.1) is 0 Å². The number of sulfonamides is 1. The van der Waals surface area contributed by atoms with Gasteiger partial charge in [-0.25, -0.2) is 8.42 Å². The maximum atomic E-state index is 12.7. The highest BCUT2D eigenvalue weighted by Gasteiger charge is 2.25. The molecular weight excluding hydrogens is 456 g/mol. The fraction of sp³-hybridized carbons (Fsp3) is 0.381. The van der Waals surface area contributed by atoms with E-state index in [2.05, 4.69) is 21.2 Å². The maximum Gasteiger partial charge on any atom is 0.259 e. The quantitative estimate of drug-likeness (QED) is 0.624. The van der Waals surface area contributed by atoms with Crippen molar-refractivity contribution in [2.75, 3.05) is 25.0 Å². The van der Waals surface area contributed by atoms with Crippen molar-refractivity contribution in [3.8, 4) is 5.75 Å². The zero-order valence-corrected chi connectivity index (χ0v) is 18.8. The van der Waals surface area contributed by atoms with E-state index >= 15 is 0 Å². The molecule has 6 nitrogen and oxygen atoms in total. The first-order valence-electron chi connectivity index (χ1n) is 9.75. The van der Waals surface area contributed by atoms with Crippen molar-refractivity contribution >= 4 is 37.5 Å². The van der Waals surface area contributed by atoms with Crippen molar-refractivity contribution in [2.45, 2.75) is 37.5 Å². The lowest BCUT2D eigenvalue weighted by atomic mass is 10.2. The fourth-order valence-corrected chi connectivity index (χ4v) is 5.06. The molecule has 0 atom stereocenters. The Kier molecular flexibility index (Phi) is 7.32. The van der Waals surface area contributed by atoms with Gasteiger partial charge in [0.25, 0.3) is 5.91 Å². The van der Waals surface area contributed by atoms with Crippen LogP contribution in [-0.2, 0) is 10.0 Å². The summed E-state index contributed by atoms with van der Waals surface area (Å²) in [6.45, 7) is 3.64. The molecule has 0 radical (unpaired) electrons. The molecule has 0 aromatic heterocycles. The van der Waals surface area contributed by atoms with Crippen LogP contribution in [0.5, 0.6) is 5.75 Å². The number of hydrogen-bond donors (Lipinski definition) is 1. The Morgan fingerprint density at radius 2 is 1.79 bits per heavy atom. The third kappa shape index (κ3) is 5.38. The number of nitrogens with zero attached hydrogens (tertiary/aromatic N) is 1. The van der Waals surface area contributed by atoms with E-state index in [0.29, 0.717) is 36.7 Å². The molecule has 0 bridgehead atoms. The van der Waals surface area contributed by atoms with E-state index in [9.17, 15) is 13.2 Å². The van der Waals surface area contributed by atoms with E-state index in [4.69, 9.17) is 4.74 Å². The second kappa shape index (κ2) is 9.73. The van der Waals surface area contributed by atoms with E-state index in [1.165, 1.54) is 16.4 Å². The maximum absolute atomic E-state index is 12.7. The molecule has 1 heterocycles. The SMILES string of the molecule is CCCOc1ccc(Br)cc1C(=O)Nc1ccc(S(=O)(=O)N2CCCCC2)cc1. The average molecular weight is 481 g/mol. The van der Waals surface area contributed by atoms with Gasteiger partial charge in [0.05, 0.1) is 17.1 Å². The van der Waals surface area contributed by atoms with Gasteiger partial charge in [-0.05, 0) is 61.7 Å². The van der Waals surface area contributed by atoms with Gasteiger partial charge in [-0.2, -0.15) is 4.31 Å². The van der Waals surface area contributed by atoms with Gasteiger partial charge in [0.2, 0.25) is 10.0 Å². The lowest BCUT2D eigenvalue weighted by molar-refractivity contribution is 0.102. The van der Waals surface area contributed by atoms with Crippen LogP contribution in [-0.4, -0.2) is 38.3 Å². The van der Waals surface area contributed by atoms with Crippen LogP contribution in [0.15, 0.2) is 51.8 Å². The smallest absolute Gasteiger partial charge is 0.259 e. The van der Waals surface area contributed by atoms with E-state index in [1.54, 1.807) is 24.3 Å². The Hall–Kier alpha value is -1.90. The summed E-state index contributed by atoms with van der Waals surface area (Å²) in [5.41, 5.74) is 0.937. The standard InChI is InChI=1S/C21H25BrN2O4S/c1-2-14-28-20-11-6-16(22)15-19(20)21(25)23-17-7-9-18(10-8-17)29(26,27)24-12-4-3-5-13-24/h6-11,15H,2-5,12-14H2,1H3,(H,23,25). The summed E-state index contributed by atoms with van der Waals surface area (Å²) in [7, 11) is -3.49. The van der Waals surface area contributed by atoms with Crippen molar-refractivity contribution in [2.24, 2.45) is 0 Å². The normalized spacial score (nSPS) is 15.1. The Bertz CT molecular complexity index is 955. The van der Waals surface area contributed by atoms with Crippen molar-refractivity contribution in [3.63, 3.8) is 0 Å². The minimum absolute atomic E-state index is 0.242. The van der Waals surface area contributed by atoms with Crippen molar-refractivity contribution in [1.82, 2.24) is 4.31 Å². The second-order valence-electron chi connectivity index (χ2n) is 6.93.